The zero-order chi connectivity index (χ0) is 19.2. The van der Waals surface area contributed by atoms with Crippen LogP contribution < -0.4 is 5.32 Å². The van der Waals surface area contributed by atoms with Crippen LogP contribution in [0.5, 0.6) is 0 Å². The molecule has 2 aromatic carbocycles. The number of hydrogen-bond donors (Lipinski definition) is 1. The van der Waals surface area contributed by atoms with Gasteiger partial charge in [-0.2, -0.15) is 18.3 Å². The summed E-state index contributed by atoms with van der Waals surface area (Å²) in [5, 5.41) is 7.75. The first-order chi connectivity index (χ1) is 12.8. The molecule has 27 heavy (non-hydrogen) atoms. The average Bonchev–Trinajstić information content (AvgIpc) is 3.20. The minimum Gasteiger partial charge on any atom is -0.369 e. The lowest BCUT2D eigenvalue weighted by molar-refractivity contribution is -0.137. The molecule has 3 aromatic rings. The molecule has 0 saturated carbocycles. The monoisotopic (exact) mass is 395 g/mol. The van der Waals surface area contributed by atoms with Crippen LogP contribution in [0.1, 0.15) is 22.4 Å². The number of alkyl halides is 3. The van der Waals surface area contributed by atoms with Crippen molar-refractivity contribution in [3.8, 4) is 5.69 Å². The fourth-order valence-electron chi connectivity index (χ4n) is 3.24. The van der Waals surface area contributed by atoms with Gasteiger partial charge in [0, 0.05) is 18.5 Å². The molecule has 0 aliphatic carbocycles. The van der Waals surface area contributed by atoms with Crippen molar-refractivity contribution >= 4 is 17.4 Å². The van der Waals surface area contributed by atoms with E-state index >= 15 is 0 Å². The average molecular weight is 396 g/mol. The second-order valence-electron chi connectivity index (χ2n) is 6.29. The Bertz CT molecular complexity index is 1010. The van der Waals surface area contributed by atoms with Gasteiger partial charge in [-0.3, -0.25) is 0 Å². The molecule has 0 fully saturated rings. The third-order valence-corrected chi connectivity index (χ3v) is 4.87. The van der Waals surface area contributed by atoms with Crippen LogP contribution in [0.3, 0.4) is 0 Å². The molecule has 0 atom stereocenters. The second-order valence-corrected chi connectivity index (χ2v) is 6.70. The van der Waals surface area contributed by atoms with Crippen LogP contribution >= 0.6 is 11.6 Å². The first kappa shape index (κ1) is 17.9. The van der Waals surface area contributed by atoms with Gasteiger partial charge in [0.25, 0.3) is 0 Å². The van der Waals surface area contributed by atoms with Crippen LogP contribution in [-0.2, 0) is 19.0 Å². The van der Waals surface area contributed by atoms with Gasteiger partial charge in [0.2, 0.25) is 0 Å². The highest BCUT2D eigenvalue weighted by molar-refractivity contribution is 6.32. The van der Waals surface area contributed by atoms with Gasteiger partial charge in [-0.15, -0.1) is 0 Å². The van der Waals surface area contributed by atoms with Crippen molar-refractivity contribution in [3.63, 3.8) is 0 Å². The molecule has 0 radical (unpaired) electrons. The number of hydrogen-bond acceptors (Lipinski definition) is 2. The second kappa shape index (κ2) is 6.56. The molecule has 3 nitrogen and oxygen atoms in total. The first-order valence-corrected chi connectivity index (χ1v) is 8.67. The van der Waals surface area contributed by atoms with Crippen LogP contribution in [0.25, 0.3) is 5.69 Å². The summed E-state index contributed by atoms with van der Waals surface area (Å²) in [5.74, 6) is 0.256. The van der Waals surface area contributed by atoms with Crippen molar-refractivity contribution < 1.29 is 17.6 Å². The van der Waals surface area contributed by atoms with Gasteiger partial charge in [-0.1, -0.05) is 29.8 Å². The Balaban J connectivity index is 1.81. The molecule has 1 aromatic heterocycles. The quantitative estimate of drug-likeness (QED) is 0.614. The third-order valence-electron chi connectivity index (χ3n) is 4.55. The van der Waals surface area contributed by atoms with E-state index in [1.807, 2.05) is 0 Å². The Kier molecular flexibility index (Phi) is 4.34. The Morgan fingerprint density at radius 1 is 1.15 bits per heavy atom. The van der Waals surface area contributed by atoms with Crippen LogP contribution in [0.2, 0.25) is 5.02 Å². The third kappa shape index (κ3) is 3.27. The van der Waals surface area contributed by atoms with Crippen molar-refractivity contribution in [1.29, 1.82) is 0 Å². The lowest BCUT2D eigenvalue weighted by Crippen LogP contribution is -2.09. The Labute approximate surface area is 157 Å². The number of halogens is 5. The van der Waals surface area contributed by atoms with E-state index in [-0.39, 0.29) is 22.9 Å². The molecule has 0 amide bonds. The summed E-state index contributed by atoms with van der Waals surface area (Å²) in [6, 6.07) is 9.49. The number of nitrogens with zero attached hydrogens (tertiary/aromatic N) is 2. The molecule has 1 N–H and O–H groups in total. The zero-order valence-corrected chi connectivity index (χ0v) is 14.7. The SMILES string of the molecule is Fc1ccccc1Cc1nn(-c2cc(C(F)(F)F)ccc2Cl)c2c1CCN2. The fraction of sp³-hybridized carbons (Fsp3) is 0.211. The predicted octanol–water partition coefficient (Wildman–Crippen LogP) is 5.24. The summed E-state index contributed by atoms with van der Waals surface area (Å²) in [6.45, 7) is 0.633. The van der Waals surface area contributed by atoms with E-state index in [1.165, 1.54) is 16.8 Å². The van der Waals surface area contributed by atoms with Crippen molar-refractivity contribution in [1.82, 2.24) is 9.78 Å². The molecule has 2 heterocycles. The van der Waals surface area contributed by atoms with Crippen molar-refractivity contribution in [3.05, 3.63) is 75.7 Å². The van der Waals surface area contributed by atoms with Gasteiger partial charge in [0.1, 0.15) is 11.6 Å². The number of benzene rings is 2. The maximum absolute atomic E-state index is 14.0. The molecule has 0 saturated heterocycles. The normalized spacial score (nSPS) is 13.5. The Morgan fingerprint density at radius 3 is 2.67 bits per heavy atom. The van der Waals surface area contributed by atoms with Crippen LogP contribution in [0.15, 0.2) is 42.5 Å². The van der Waals surface area contributed by atoms with Gasteiger partial charge < -0.3 is 5.32 Å². The predicted molar refractivity (Wildman–Crippen MR) is 95.0 cm³/mol. The molecule has 0 bridgehead atoms. The number of aromatic nitrogens is 2. The minimum absolute atomic E-state index is 0.136. The van der Waals surface area contributed by atoms with Gasteiger partial charge in [-0.05, 0) is 36.2 Å². The standard InChI is InChI=1S/C19H14ClF4N3/c20-14-6-5-12(19(22,23)24)10-17(14)27-18-13(7-8-25-18)16(26-27)9-11-3-1-2-4-15(11)21/h1-6,10,25H,7-9H2. The van der Waals surface area contributed by atoms with Crippen molar-refractivity contribution in [2.24, 2.45) is 0 Å². The van der Waals surface area contributed by atoms with Gasteiger partial charge >= 0.3 is 6.18 Å². The summed E-state index contributed by atoms with van der Waals surface area (Å²) < 4.78 is 54.7. The fourth-order valence-corrected chi connectivity index (χ4v) is 3.43. The molecule has 140 valence electrons. The molecule has 8 heteroatoms. The molecular weight excluding hydrogens is 382 g/mol. The van der Waals surface area contributed by atoms with Gasteiger partial charge in [0.05, 0.1) is 22.0 Å². The first-order valence-electron chi connectivity index (χ1n) is 8.30. The highest BCUT2D eigenvalue weighted by atomic mass is 35.5. The summed E-state index contributed by atoms with van der Waals surface area (Å²) in [7, 11) is 0. The highest BCUT2D eigenvalue weighted by Gasteiger charge is 2.32. The van der Waals surface area contributed by atoms with Crippen LogP contribution in [0, 0.1) is 5.82 Å². The Hall–Kier alpha value is -2.54. The number of nitrogens with one attached hydrogen (secondary N) is 1. The Morgan fingerprint density at radius 2 is 1.93 bits per heavy atom. The smallest absolute Gasteiger partial charge is 0.369 e. The van der Waals surface area contributed by atoms with E-state index in [2.05, 4.69) is 10.4 Å². The molecule has 1 aliphatic heterocycles. The van der Waals surface area contributed by atoms with E-state index in [1.54, 1.807) is 18.2 Å². The molecular formula is C19H14ClF4N3. The molecule has 4 rings (SSSR count). The lowest BCUT2D eigenvalue weighted by atomic mass is 10.1. The number of rotatable bonds is 3. The maximum Gasteiger partial charge on any atom is 0.416 e. The lowest BCUT2D eigenvalue weighted by Gasteiger charge is -2.12. The van der Waals surface area contributed by atoms with E-state index < -0.39 is 11.7 Å². The van der Waals surface area contributed by atoms with Gasteiger partial charge in [-0.25, -0.2) is 9.07 Å². The van der Waals surface area contributed by atoms with E-state index in [4.69, 9.17) is 11.6 Å². The molecule has 0 spiro atoms. The highest BCUT2D eigenvalue weighted by Crippen LogP contribution is 2.36. The van der Waals surface area contributed by atoms with E-state index in [9.17, 15) is 17.6 Å². The van der Waals surface area contributed by atoms with Crippen LogP contribution in [-0.4, -0.2) is 16.3 Å². The van der Waals surface area contributed by atoms with Crippen molar-refractivity contribution in [2.75, 3.05) is 11.9 Å². The summed E-state index contributed by atoms with van der Waals surface area (Å²) in [6.07, 6.45) is -3.57. The van der Waals surface area contributed by atoms with E-state index in [0.29, 0.717) is 30.0 Å². The summed E-state index contributed by atoms with van der Waals surface area (Å²) in [4.78, 5) is 0. The zero-order valence-electron chi connectivity index (χ0n) is 13.9. The summed E-state index contributed by atoms with van der Waals surface area (Å²) >= 11 is 6.16. The number of fused-ring (bicyclic) bond motifs is 1. The van der Waals surface area contributed by atoms with E-state index in [0.717, 1.165) is 17.7 Å². The summed E-state index contributed by atoms with van der Waals surface area (Å²) in [5.41, 5.74) is 1.30. The van der Waals surface area contributed by atoms with Crippen LogP contribution in [0.4, 0.5) is 23.4 Å². The topological polar surface area (TPSA) is 29.9 Å². The largest absolute Gasteiger partial charge is 0.416 e. The minimum atomic E-state index is -4.49. The molecule has 1 aliphatic rings. The molecule has 0 unspecified atom stereocenters. The van der Waals surface area contributed by atoms with Gasteiger partial charge in [0.15, 0.2) is 0 Å². The maximum atomic E-state index is 14.0. The number of anilines is 1. The van der Waals surface area contributed by atoms with Crippen molar-refractivity contribution in [2.45, 2.75) is 19.0 Å².